The van der Waals surface area contributed by atoms with Crippen molar-refractivity contribution in [2.75, 3.05) is 31.1 Å². The quantitative estimate of drug-likeness (QED) is 0.880. The number of hydrogen-bond donors (Lipinski definition) is 1. The summed E-state index contributed by atoms with van der Waals surface area (Å²) in [4.78, 5) is 6.52. The van der Waals surface area contributed by atoms with Gasteiger partial charge in [-0.15, -0.1) is 0 Å². The minimum absolute atomic E-state index is 0.855. The lowest BCUT2D eigenvalue weighted by molar-refractivity contribution is 0.372. The molecule has 1 saturated heterocycles. The Labute approximate surface area is 109 Å². The van der Waals surface area contributed by atoms with Crippen LogP contribution in [-0.2, 0) is 6.42 Å². The zero-order chi connectivity index (χ0) is 12.2. The van der Waals surface area contributed by atoms with Gasteiger partial charge in [-0.25, -0.2) is 0 Å². The van der Waals surface area contributed by atoms with E-state index in [0.29, 0.717) is 0 Å². The number of nitrogens with one attached hydrogen (secondary N) is 1. The molecule has 2 aliphatic rings. The second-order valence-corrected chi connectivity index (χ2v) is 5.28. The molecular formula is C15H21N3. The number of rotatable bonds is 3. The second-order valence-electron chi connectivity index (χ2n) is 5.28. The number of aliphatic imine (C=N–C) groups is 1. The molecule has 2 aliphatic heterocycles. The van der Waals surface area contributed by atoms with Gasteiger partial charge in [0.15, 0.2) is 0 Å². The summed E-state index contributed by atoms with van der Waals surface area (Å²) >= 11 is 0. The van der Waals surface area contributed by atoms with E-state index >= 15 is 0 Å². The molecule has 1 aromatic rings. The predicted octanol–water partition coefficient (Wildman–Crippen LogP) is 2.08. The summed E-state index contributed by atoms with van der Waals surface area (Å²) < 4.78 is 0. The molecule has 1 fully saturated rings. The fraction of sp³-hybridized carbons (Fsp3) is 0.533. The highest BCUT2D eigenvalue weighted by molar-refractivity contribution is 5.81. The summed E-state index contributed by atoms with van der Waals surface area (Å²) in [5.41, 5.74) is 2.77. The predicted molar refractivity (Wildman–Crippen MR) is 76.4 cm³/mol. The molecule has 0 radical (unpaired) electrons. The van der Waals surface area contributed by atoms with Crippen LogP contribution in [0.2, 0.25) is 0 Å². The third kappa shape index (κ3) is 2.72. The van der Waals surface area contributed by atoms with Gasteiger partial charge in [-0.3, -0.25) is 4.99 Å². The van der Waals surface area contributed by atoms with Gasteiger partial charge in [0.1, 0.15) is 0 Å². The van der Waals surface area contributed by atoms with Crippen LogP contribution >= 0.6 is 0 Å². The van der Waals surface area contributed by atoms with Crippen LogP contribution in [0.25, 0.3) is 0 Å². The number of nitrogens with zero attached hydrogens (tertiary/aromatic N) is 2. The van der Waals surface area contributed by atoms with E-state index in [1.807, 2.05) is 6.34 Å². The molecule has 3 heteroatoms. The summed E-state index contributed by atoms with van der Waals surface area (Å²) in [6.07, 6.45) is 5.81. The molecule has 1 N–H and O–H groups in total. The molecule has 0 aliphatic carbocycles. The van der Waals surface area contributed by atoms with Gasteiger partial charge in [0.05, 0.1) is 12.9 Å². The Balaban J connectivity index is 1.68. The standard InChI is InChI=1S/C15H21N3/c1-2-14(10-13-4-6-16-7-5-13)11-15(3-1)18-9-8-17-12-18/h1-3,11-13,16H,4-10H2. The molecular weight excluding hydrogens is 222 g/mol. The zero-order valence-electron chi connectivity index (χ0n) is 10.8. The molecule has 18 heavy (non-hydrogen) atoms. The van der Waals surface area contributed by atoms with Gasteiger partial charge in [0.2, 0.25) is 0 Å². The summed E-state index contributed by atoms with van der Waals surface area (Å²) in [5, 5.41) is 3.43. The third-order valence-electron chi connectivity index (χ3n) is 3.92. The van der Waals surface area contributed by atoms with Gasteiger partial charge in [-0.2, -0.15) is 0 Å². The fourth-order valence-electron chi connectivity index (χ4n) is 2.86. The molecule has 0 atom stereocenters. The molecule has 2 heterocycles. The molecule has 0 saturated carbocycles. The molecule has 1 aromatic carbocycles. The number of hydrogen-bond acceptors (Lipinski definition) is 3. The van der Waals surface area contributed by atoms with Crippen LogP contribution < -0.4 is 10.2 Å². The largest absolute Gasteiger partial charge is 0.331 e. The summed E-state index contributed by atoms with van der Waals surface area (Å²) in [5.74, 6) is 0.855. The Morgan fingerprint density at radius 2 is 2.17 bits per heavy atom. The zero-order valence-corrected chi connectivity index (χ0v) is 10.8. The Kier molecular flexibility index (Phi) is 3.60. The highest BCUT2D eigenvalue weighted by Gasteiger charge is 2.14. The summed E-state index contributed by atoms with van der Waals surface area (Å²) in [6.45, 7) is 4.32. The van der Waals surface area contributed by atoms with Gasteiger partial charge in [-0.05, 0) is 56.0 Å². The van der Waals surface area contributed by atoms with Crippen LogP contribution in [0.4, 0.5) is 5.69 Å². The van der Waals surface area contributed by atoms with Crippen LogP contribution in [0.15, 0.2) is 29.3 Å². The average molecular weight is 243 g/mol. The molecule has 3 nitrogen and oxygen atoms in total. The lowest BCUT2D eigenvalue weighted by atomic mass is 9.91. The highest BCUT2D eigenvalue weighted by Crippen LogP contribution is 2.22. The number of anilines is 1. The van der Waals surface area contributed by atoms with Crippen molar-refractivity contribution in [2.24, 2.45) is 10.9 Å². The van der Waals surface area contributed by atoms with Crippen molar-refractivity contribution in [1.29, 1.82) is 0 Å². The van der Waals surface area contributed by atoms with Crippen molar-refractivity contribution >= 4 is 12.0 Å². The van der Waals surface area contributed by atoms with E-state index in [2.05, 4.69) is 39.5 Å². The van der Waals surface area contributed by atoms with Crippen LogP contribution in [0.1, 0.15) is 18.4 Å². The van der Waals surface area contributed by atoms with E-state index in [9.17, 15) is 0 Å². The van der Waals surface area contributed by atoms with Crippen molar-refractivity contribution in [1.82, 2.24) is 5.32 Å². The van der Waals surface area contributed by atoms with Gasteiger partial charge >= 0.3 is 0 Å². The van der Waals surface area contributed by atoms with Gasteiger partial charge < -0.3 is 10.2 Å². The summed E-state index contributed by atoms with van der Waals surface area (Å²) in [6, 6.07) is 8.96. The monoisotopic (exact) mass is 243 g/mol. The van der Waals surface area contributed by atoms with Crippen molar-refractivity contribution in [3.05, 3.63) is 29.8 Å². The van der Waals surface area contributed by atoms with E-state index in [-0.39, 0.29) is 0 Å². The van der Waals surface area contributed by atoms with E-state index in [4.69, 9.17) is 0 Å². The molecule has 0 bridgehead atoms. The number of piperidine rings is 1. The molecule has 0 unspecified atom stereocenters. The first kappa shape index (κ1) is 11.7. The van der Waals surface area contributed by atoms with Crippen molar-refractivity contribution in [2.45, 2.75) is 19.3 Å². The maximum absolute atomic E-state index is 4.28. The maximum atomic E-state index is 4.28. The van der Waals surface area contributed by atoms with Gasteiger partial charge in [0, 0.05) is 12.2 Å². The highest BCUT2D eigenvalue weighted by atomic mass is 15.2. The SMILES string of the molecule is C1=NCCN1c1cccc(CC2CCNCC2)c1. The lowest BCUT2D eigenvalue weighted by Gasteiger charge is -2.23. The molecule has 96 valence electrons. The van der Waals surface area contributed by atoms with Crippen molar-refractivity contribution in [3.63, 3.8) is 0 Å². The van der Waals surface area contributed by atoms with Crippen molar-refractivity contribution < 1.29 is 0 Å². The molecule has 0 amide bonds. The first-order valence-corrected chi connectivity index (χ1v) is 6.98. The minimum Gasteiger partial charge on any atom is -0.331 e. The molecule has 0 aromatic heterocycles. The Bertz CT molecular complexity index is 422. The smallest absolute Gasteiger partial charge is 0.0895 e. The van der Waals surface area contributed by atoms with E-state index in [1.54, 1.807) is 0 Å². The van der Waals surface area contributed by atoms with Crippen LogP contribution in [0.5, 0.6) is 0 Å². The first-order valence-electron chi connectivity index (χ1n) is 6.98. The van der Waals surface area contributed by atoms with E-state index in [1.165, 1.54) is 43.6 Å². The number of benzene rings is 1. The van der Waals surface area contributed by atoms with E-state index < -0.39 is 0 Å². The topological polar surface area (TPSA) is 27.6 Å². The van der Waals surface area contributed by atoms with E-state index in [0.717, 1.165) is 19.0 Å². The fourth-order valence-corrected chi connectivity index (χ4v) is 2.86. The first-order chi connectivity index (χ1) is 8.92. The maximum Gasteiger partial charge on any atom is 0.0895 e. The molecule has 3 rings (SSSR count). The van der Waals surface area contributed by atoms with Gasteiger partial charge in [-0.1, -0.05) is 12.1 Å². The van der Waals surface area contributed by atoms with Crippen molar-refractivity contribution in [3.8, 4) is 0 Å². The Morgan fingerprint density at radius 3 is 2.94 bits per heavy atom. The van der Waals surface area contributed by atoms with Crippen LogP contribution in [-0.4, -0.2) is 32.5 Å². The molecule has 0 spiro atoms. The third-order valence-corrected chi connectivity index (χ3v) is 3.92. The normalized spacial score (nSPS) is 20.6. The lowest BCUT2D eigenvalue weighted by Crippen LogP contribution is -2.28. The minimum atomic E-state index is 0.855. The average Bonchev–Trinajstić information content (AvgIpc) is 2.94. The summed E-state index contributed by atoms with van der Waals surface area (Å²) in [7, 11) is 0. The second kappa shape index (κ2) is 5.53. The Hall–Kier alpha value is -1.35. The van der Waals surface area contributed by atoms with Crippen LogP contribution in [0.3, 0.4) is 0 Å². The van der Waals surface area contributed by atoms with Crippen LogP contribution in [0, 0.1) is 5.92 Å². The Morgan fingerprint density at radius 1 is 1.28 bits per heavy atom. The van der Waals surface area contributed by atoms with Gasteiger partial charge in [0.25, 0.3) is 0 Å².